The number of hydrogen-bond donors (Lipinski definition) is 1. The van der Waals surface area contributed by atoms with E-state index in [1.807, 2.05) is 5.32 Å². The van der Waals surface area contributed by atoms with Crippen molar-refractivity contribution in [2.75, 3.05) is 5.32 Å². The highest BCUT2D eigenvalue weighted by molar-refractivity contribution is 6.05. The molecule has 0 spiro atoms. The van der Waals surface area contributed by atoms with Gasteiger partial charge in [-0.2, -0.15) is 13.2 Å². The lowest BCUT2D eigenvalue weighted by atomic mass is 10.1. The van der Waals surface area contributed by atoms with Gasteiger partial charge in [0.05, 0.1) is 5.56 Å². The zero-order valence-electron chi connectivity index (χ0n) is 12.6. The fourth-order valence-corrected chi connectivity index (χ4v) is 1.71. The summed E-state index contributed by atoms with van der Waals surface area (Å²) < 4.78 is 46.6. The van der Waals surface area contributed by atoms with Crippen molar-refractivity contribution in [2.24, 2.45) is 0 Å². The van der Waals surface area contributed by atoms with Crippen LogP contribution >= 0.6 is 0 Å². The number of ether oxygens (including phenoxy) is 1. The van der Waals surface area contributed by atoms with E-state index in [0.29, 0.717) is 5.56 Å². The summed E-state index contributed by atoms with van der Waals surface area (Å²) in [4.78, 5) is 23.7. The summed E-state index contributed by atoms with van der Waals surface area (Å²) in [7, 11) is 0. The Kier molecular flexibility index (Phi) is 4.86. The van der Waals surface area contributed by atoms with Crippen molar-refractivity contribution in [3.63, 3.8) is 0 Å². The minimum Gasteiger partial charge on any atom is -0.425 e. The zero-order valence-corrected chi connectivity index (χ0v) is 12.6. The molecule has 0 radical (unpaired) electrons. The van der Waals surface area contributed by atoms with Gasteiger partial charge in [0.25, 0.3) is 5.91 Å². The Bertz CT molecular complexity index is 771. The van der Waals surface area contributed by atoms with Gasteiger partial charge in [-0.05, 0) is 18.6 Å². The van der Waals surface area contributed by atoms with Crippen LogP contribution in [0.2, 0.25) is 0 Å². The van der Waals surface area contributed by atoms with Crippen molar-refractivity contribution in [1.82, 2.24) is 10.2 Å². The van der Waals surface area contributed by atoms with E-state index in [1.54, 1.807) is 19.9 Å². The number of para-hydroxylation sites is 1. The predicted octanol–water partition coefficient (Wildman–Crippen LogP) is 2.96. The van der Waals surface area contributed by atoms with Crippen LogP contribution in [0.15, 0.2) is 22.6 Å². The van der Waals surface area contributed by atoms with E-state index in [2.05, 4.69) is 14.6 Å². The second-order valence-corrected chi connectivity index (χ2v) is 4.64. The summed E-state index contributed by atoms with van der Waals surface area (Å²) in [5, 5.41) is 7.93. The Balaban J connectivity index is 2.25. The molecule has 0 aliphatic carbocycles. The van der Waals surface area contributed by atoms with Crippen molar-refractivity contribution in [3.05, 3.63) is 35.2 Å². The summed E-state index contributed by atoms with van der Waals surface area (Å²) in [5.41, 5.74) is 0.453. The van der Waals surface area contributed by atoms with Crippen LogP contribution in [0.5, 0.6) is 5.75 Å². The number of halogens is 3. The van der Waals surface area contributed by atoms with Gasteiger partial charge in [-0.15, -0.1) is 5.10 Å². The highest BCUT2D eigenvalue weighted by atomic mass is 19.4. The highest BCUT2D eigenvalue weighted by Crippen LogP contribution is 2.29. The SMILES string of the molecule is CCC(=O)Oc1c(C)cccc1C(=O)Nc1nnc(C(F)(F)F)o1. The van der Waals surface area contributed by atoms with Crippen LogP contribution in [0.3, 0.4) is 0 Å². The van der Waals surface area contributed by atoms with E-state index in [-0.39, 0.29) is 17.7 Å². The fraction of sp³-hybridized carbons (Fsp3) is 0.286. The number of carbonyl (C=O) groups excluding carboxylic acids is 2. The molecule has 0 bridgehead atoms. The lowest BCUT2D eigenvalue weighted by Gasteiger charge is -2.11. The molecule has 1 N–H and O–H groups in total. The van der Waals surface area contributed by atoms with Gasteiger partial charge in [0.1, 0.15) is 5.75 Å². The average molecular weight is 343 g/mol. The van der Waals surface area contributed by atoms with E-state index >= 15 is 0 Å². The number of rotatable bonds is 4. The van der Waals surface area contributed by atoms with E-state index in [1.165, 1.54) is 12.1 Å². The molecule has 2 rings (SSSR count). The van der Waals surface area contributed by atoms with E-state index in [4.69, 9.17) is 4.74 Å². The van der Waals surface area contributed by atoms with Crippen LogP contribution in [0, 0.1) is 6.92 Å². The van der Waals surface area contributed by atoms with Crippen molar-refractivity contribution in [3.8, 4) is 5.75 Å². The van der Waals surface area contributed by atoms with E-state index in [0.717, 1.165) is 0 Å². The van der Waals surface area contributed by atoms with Crippen molar-refractivity contribution in [1.29, 1.82) is 0 Å². The smallest absolute Gasteiger partial charge is 0.425 e. The first-order valence-electron chi connectivity index (χ1n) is 6.74. The number of aryl methyl sites for hydroxylation is 1. The lowest BCUT2D eigenvalue weighted by molar-refractivity contribution is -0.156. The Morgan fingerprint density at radius 2 is 2.00 bits per heavy atom. The second kappa shape index (κ2) is 6.69. The Morgan fingerprint density at radius 3 is 2.58 bits per heavy atom. The third kappa shape index (κ3) is 3.89. The summed E-state index contributed by atoms with van der Waals surface area (Å²) >= 11 is 0. The maximum atomic E-state index is 12.4. The Hall–Kier alpha value is -2.91. The maximum absolute atomic E-state index is 12.4. The molecule has 0 aliphatic rings. The number of benzene rings is 1. The molecule has 0 saturated heterocycles. The predicted molar refractivity (Wildman–Crippen MR) is 74.4 cm³/mol. The van der Waals surface area contributed by atoms with Crippen molar-refractivity contribution in [2.45, 2.75) is 26.4 Å². The highest BCUT2D eigenvalue weighted by Gasteiger charge is 2.38. The standard InChI is InChI=1S/C14H12F3N3O4/c1-3-9(21)23-10-7(2)5-4-6-8(10)11(22)18-13-20-19-12(24-13)14(15,16)17/h4-6H,3H2,1-2H3,(H,18,20,22). The average Bonchev–Trinajstić information content (AvgIpc) is 2.97. The number of amides is 1. The zero-order chi connectivity index (χ0) is 17.9. The fourth-order valence-electron chi connectivity index (χ4n) is 1.71. The van der Waals surface area contributed by atoms with Gasteiger partial charge in [0.2, 0.25) is 0 Å². The Labute approximate surface area is 133 Å². The number of aromatic nitrogens is 2. The van der Waals surface area contributed by atoms with E-state index in [9.17, 15) is 22.8 Å². The molecule has 0 atom stereocenters. The first-order chi connectivity index (χ1) is 11.2. The van der Waals surface area contributed by atoms with Gasteiger partial charge < -0.3 is 9.15 Å². The van der Waals surface area contributed by atoms with Crippen LogP contribution in [-0.4, -0.2) is 22.1 Å². The maximum Gasteiger partial charge on any atom is 0.470 e. The van der Waals surface area contributed by atoms with Gasteiger partial charge in [-0.25, -0.2) is 0 Å². The summed E-state index contributed by atoms with van der Waals surface area (Å²) in [5.74, 6) is -2.98. The molecule has 128 valence electrons. The number of anilines is 1. The monoisotopic (exact) mass is 343 g/mol. The number of esters is 1. The molecule has 10 heteroatoms. The van der Waals surface area contributed by atoms with Gasteiger partial charge in [-0.3, -0.25) is 14.9 Å². The van der Waals surface area contributed by atoms with Crippen LogP contribution in [0.4, 0.5) is 19.2 Å². The minimum absolute atomic E-state index is 0.0115. The van der Waals surface area contributed by atoms with Gasteiger partial charge in [-0.1, -0.05) is 24.2 Å². The molecule has 0 saturated carbocycles. The number of nitrogens with zero attached hydrogens (tertiary/aromatic N) is 2. The molecular weight excluding hydrogens is 331 g/mol. The van der Waals surface area contributed by atoms with Gasteiger partial charge >= 0.3 is 24.1 Å². The van der Waals surface area contributed by atoms with Crippen LogP contribution in [0.25, 0.3) is 0 Å². The topological polar surface area (TPSA) is 94.3 Å². The van der Waals surface area contributed by atoms with Crippen molar-refractivity contribution >= 4 is 17.9 Å². The van der Waals surface area contributed by atoms with Crippen LogP contribution in [0.1, 0.15) is 35.2 Å². The Morgan fingerprint density at radius 1 is 1.29 bits per heavy atom. The molecule has 0 fully saturated rings. The third-order valence-corrected chi connectivity index (χ3v) is 2.85. The number of nitrogens with one attached hydrogen (secondary N) is 1. The number of hydrogen-bond acceptors (Lipinski definition) is 6. The quantitative estimate of drug-likeness (QED) is 0.677. The molecule has 24 heavy (non-hydrogen) atoms. The molecule has 0 unspecified atom stereocenters. The van der Waals surface area contributed by atoms with Crippen LogP contribution in [-0.2, 0) is 11.0 Å². The second-order valence-electron chi connectivity index (χ2n) is 4.64. The number of alkyl halides is 3. The van der Waals surface area contributed by atoms with Crippen molar-refractivity contribution < 1.29 is 31.9 Å². The minimum atomic E-state index is -4.82. The van der Waals surface area contributed by atoms with Crippen LogP contribution < -0.4 is 10.1 Å². The molecule has 7 nitrogen and oxygen atoms in total. The normalized spacial score (nSPS) is 11.2. The molecule has 2 aromatic rings. The molecule has 0 aliphatic heterocycles. The first kappa shape index (κ1) is 17.4. The molecule has 1 aromatic heterocycles. The largest absolute Gasteiger partial charge is 0.470 e. The molecule has 1 heterocycles. The first-order valence-corrected chi connectivity index (χ1v) is 6.74. The van der Waals surface area contributed by atoms with Gasteiger partial charge in [0.15, 0.2) is 0 Å². The third-order valence-electron chi connectivity index (χ3n) is 2.85. The molecule has 1 amide bonds. The van der Waals surface area contributed by atoms with E-state index < -0.39 is 30.0 Å². The molecule has 1 aromatic carbocycles. The summed E-state index contributed by atoms with van der Waals surface area (Å²) in [6.07, 6.45) is -4.73. The molecular formula is C14H12F3N3O4. The number of carbonyl (C=O) groups is 2. The lowest BCUT2D eigenvalue weighted by Crippen LogP contribution is -2.16. The summed E-state index contributed by atoms with van der Waals surface area (Å²) in [6, 6.07) is 3.77. The summed E-state index contributed by atoms with van der Waals surface area (Å²) in [6.45, 7) is 3.20. The van der Waals surface area contributed by atoms with Gasteiger partial charge in [0, 0.05) is 6.42 Å².